The second kappa shape index (κ2) is 6.51. The number of para-hydroxylation sites is 1. The summed E-state index contributed by atoms with van der Waals surface area (Å²) < 4.78 is 0. The number of nitrogens with one attached hydrogen (secondary N) is 1. The quantitative estimate of drug-likeness (QED) is 0.411. The summed E-state index contributed by atoms with van der Waals surface area (Å²) in [5.74, 6) is 4.72. The highest BCUT2D eigenvalue weighted by Crippen LogP contribution is 2.29. The van der Waals surface area contributed by atoms with E-state index in [1.165, 1.54) is 23.1 Å². The lowest BCUT2D eigenvalue weighted by atomic mass is 10.1. The van der Waals surface area contributed by atoms with Crippen molar-refractivity contribution in [1.29, 1.82) is 0 Å². The summed E-state index contributed by atoms with van der Waals surface area (Å²) >= 11 is 0. The number of carbonyl (C=O) groups excluding carboxylic acids is 1. The Labute approximate surface area is 122 Å². The molecule has 0 spiro atoms. The van der Waals surface area contributed by atoms with Crippen molar-refractivity contribution in [1.82, 2.24) is 4.90 Å². The molecule has 0 aliphatic rings. The van der Waals surface area contributed by atoms with Crippen LogP contribution >= 0.6 is 0 Å². The van der Waals surface area contributed by atoms with Gasteiger partial charge in [-0.3, -0.25) is 20.8 Å². The van der Waals surface area contributed by atoms with Crippen LogP contribution in [0.2, 0.25) is 0 Å². The molecule has 0 radical (unpaired) electrons. The van der Waals surface area contributed by atoms with Gasteiger partial charge in [-0.2, -0.15) is 0 Å². The Bertz CT molecular complexity index is 539. The number of carbonyl (C=O) groups is 1. The zero-order valence-electron chi connectivity index (χ0n) is 12.3. The monoisotopic (exact) mass is 296 g/mol. The van der Waals surface area contributed by atoms with Gasteiger partial charge in [0.15, 0.2) is 0 Å². The maximum Gasteiger partial charge on any atom is 0.306 e. The molecule has 0 fully saturated rings. The number of amides is 1. The van der Waals surface area contributed by atoms with Gasteiger partial charge < -0.3 is 15.4 Å². The van der Waals surface area contributed by atoms with Gasteiger partial charge in [-0.25, -0.2) is 0 Å². The van der Waals surface area contributed by atoms with Crippen LogP contribution in [-0.4, -0.2) is 39.5 Å². The molecule has 0 bridgehead atoms. The van der Waals surface area contributed by atoms with Crippen molar-refractivity contribution in [2.45, 2.75) is 26.4 Å². The van der Waals surface area contributed by atoms with Crippen LogP contribution in [-0.2, 0) is 0 Å². The molecule has 1 aromatic carbocycles. The molecule has 0 aromatic heterocycles. The molecule has 0 heterocycles. The van der Waals surface area contributed by atoms with Crippen molar-refractivity contribution in [3.8, 4) is 0 Å². The molecular formula is C13H20N4O4. The topological polar surface area (TPSA) is 122 Å². The van der Waals surface area contributed by atoms with Gasteiger partial charge in [0.25, 0.3) is 5.91 Å². The average Bonchev–Trinajstić information content (AvgIpc) is 2.41. The number of benzene rings is 1. The van der Waals surface area contributed by atoms with Crippen molar-refractivity contribution < 1.29 is 14.8 Å². The number of nitro benzene ring substituents is 1. The lowest BCUT2D eigenvalue weighted by Gasteiger charge is -2.28. The Morgan fingerprint density at radius 2 is 2.14 bits per heavy atom. The fourth-order valence-electron chi connectivity index (χ4n) is 1.99. The van der Waals surface area contributed by atoms with E-state index in [0.717, 1.165) is 0 Å². The van der Waals surface area contributed by atoms with E-state index in [4.69, 9.17) is 5.84 Å². The molecule has 1 rings (SSSR count). The highest BCUT2D eigenvalue weighted by Gasteiger charge is 2.29. The third kappa shape index (κ3) is 4.14. The van der Waals surface area contributed by atoms with Crippen molar-refractivity contribution in [2.75, 3.05) is 18.5 Å². The van der Waals surface area contributed by atoms with Crippen LogP contribution in [0.5, 0.6) is 0 Å². The first kappa shape index (κ1) is 16.9. The second-order valence-electron chi connectivity index (χ2n) is 5.23. The number of nitrogen functional groups attached to an aromatic ring is 1. The smallest absolute Gasteiger partial charge is 0.306 e. The minimum atomic E-state index is -1.09. The lowest BCUT2D eigenvalue weighted by Crippen LogP contribution is -2.42. The fourth-order valence-corrected chi connectivity index (χ4v) is 1.99. The molecule has 8 nitrogen and oxygen atoms in total. The number of rotatable bonds is 6. The van der Waals surface area contributed by atoms with E-state index in [9.17, 15) is 20.0 Å². The molecule has 4 N–H and O–H groups in total. The molecule has 0 unspecified atom stereocenters. The van der Waals surface area contributed by atoms with E-state index in [1.807, 2.05) is 0 Å². The SMILES string of the molecule is CCN(CC(C)(C)O)C(=O)c1cccc(NN)c1[N+](=O)[O-]. The van der Waals surface area contributed by atoms with E-state index in [1.54, 1.807) is 20.8 Å². The Morgan fingerprint density at radius 1 is 1.52 bits per heavy atom. The Morgan fingerprint density at radius 3 is 2.57 bits per heavy atom. The first-order chi connectivity index (χ1) is 9.71. The zero-order chi connectivity index (χ0) is 16.2. The lowest BCUT2D eigenvalue weighted by molar-refractivity contribution is -0.384. The number of hydrogen-bond donors (Lipinski definition) is 3. The Hall–Kier alpha value is -2.19. The van der Waals surface area contributed by atoms with Crippen LogP contribution < -0.4 is 11.3 Å². The van der Waals surface area contributed by atoms with Gasteiger partial charge in [0.1, 0.15) is 11.3 Å². The number of aliphatic hydroxyl groups is 1. The summed E-state index contributed by atoms with van der Waals surface area (Å²) in [6.07, 6.45) is 0. The Balaban J connectivity index is 3.25. The molecule has 1 aromatic rings. The van der Waals surface area contributed by atoms with Crippen LogP contribution in [0.25, 0.3) is 0 Å². The summed E-state index contributed by atoms with van der Waals surface area (Å²) in [5, 5.41) is 21.0. The largest absolute Gasteiger partial charge is 0.389 e. The maximum atomic E-state index is 12.5. The standard InChI is InChI=1S/C13H20N4O4/c1-4-16(8-13(2,3)19)12(18)9-6-5-7-10(15-14)11(9)17(20)21/h5-7,15,19H,4,8,14H2,1-3H3. The summed E-state index contributed by atoms with van der Waals surface area (Å²) in [4.78, 5) is 24.4. The predicted molar refractivity (Wildman–Crippen MR) is 78.8 cm³/mol. The van der Waals surface area contributed by atoms with Gasteiger partial charge in [0, 0.05) is 13.1 Å². The number of hydrazine groups is 1. The molecule has 0 saturated heterocycles. The minimum Gasteiger partial charge on any atom is -0.389 e. The van der Waals surface area contributed by atoms with Crippen molar-refractivity contribution in [3.63, 3.8) is 0 Å². The first-order valence-corrected chi connectivity index (χ1v) is 6.47. The number of nitrogens with zero attached hydrogens (tertiary/aromatic N) is 2. The van der Waals surface area contributed by atoms with Gasteiger partial charge in [-0.15, -0.1) is 0 Å². The van der Waals surface area contributed by atoms with E-state index >= 15 is 0 Å². The molecule has 116 valence electrons. The highest BCUT2D eigenvalue weighted by atomic mass is 16.6. The van der Waals surface area contributed by atoms with E-state index in [-0.39, 0.29) is 23.5 Å². The third-order valence-electron chi connectivity index (χ3n) is 2.85. The second-order valence-corrected chi connectivity index (χ2v) is 5.23. The first-order valence-electron chi connectivity index (χ1n) is 6.47. The van der Waals surface area contributed by atoms with Gasteiger partial charge in [-0.05, 0) is 32.9 Å². The zero-order valence-corrected chi connectivity index (χ0v) is 12.3. The predicted octanol–water partition coefficient (Wildman–Crippen LogP) is 1.11. The maximum absolute atomic E-state index is 12.5. The fraction of sp³-hybridized carbons (Fsp3) is 0.462. The number of nitrogens with two attached hydrogens (primary N) is 1. The van der Waals surface area contributed by atoms with Gasteiger partial charge in [-0.1, -0.05) is 6.07 Å². The third-order valence-corrected chi connectivity index (χ3v) is 2.85. The summed E-state index contributed by atoms with van der Waals surface area (Å²) in [6, 6.07) is 4.29. The van der Waals surface area contributed by atoms with Crippen LogP contribution in [0, 0.1) is 10.1 Å². The average molecular weight is 296 g/mol. The number of hydrogen-bond acceptors (Lipinski definition) is 6. The van der Waals surface area contributed by atoms with Crippen molar-refractivity contribution >= 4 is 17.3 Å². The molecule has 1 amide bonds. The molecule has 8 heteroatoms. The number of nitro groups is 1. The van der Waals surface area contributed by atoms with E-state index < -0.39 is 16.4 Å². The van der Waals surface area contributed by atoms with Gasteiger partial charge in [0.2, 0.25) is 0 Å². The number of likely N-dealkylation sites (N-methyl/N-ethyl adjacent to an activating group) is 1. The van der Waals surface area contributed by atoms with Crippen LogP contribution in [0.4, 0.5) is 11.4 Å². The van der Waals surface area contributed by atoms with Crippen LogP contribution in [0.3, 0.4) is 0 Å². The highest BCUT2D eigenvalue weighted by molar-refractivity contribution is 6.00. The molecule has 0 saturated carbocycles. The molecular weight excluding hydrogens is 276 g/mol. The summed E-state index contributed by atoms with van der Waals surface area (Å²) in [5.41, 5.74) is 0.739. The van der Waals surface area contributed by atoms with E-state index in [2.05, 4.69) is 5.43 Å². The Kier molecular flexibility index (Phi) is 5.23. The van der Waals surface area contributed by atoms with Crippen LogP contribution in [0.1, 0.15) is 31.1 Å². The summed E-state index contributed by atoms with van der Waals surface area (Å²) in [6.45, 7) is 5.25. The van der Waals surface area contributed by atoms with Gasteiger partial charge >= 0.3 is 5.69 Å². The molecule has 21 heavy (non-hydrogen) atoms. The molecule has 0 aliphatic heterocycles. The molecule has 0 atom stereocenters. The normalized spacial score (nSPS) is 11.1. The van der Waals surface area contributed by atoms with Crippen molar-refractivity contribution in [3.05, 3.63) is 33.9 Å². The number of anilines is 1. The van der Waals surface area contributed by atoms with E-state index in [0.29, 0.717) is 6.54 Å². The van der Waals surface area contributed by atoms with Gasteiger partial charge in [0.05, 0.1) is 10.5 Å². The summed E-state index contributed by atoms with van der Waals surface area (Å²) in [7, 11) is 0. The van der Waals surface area contributed by atoms with Crippen molar-refractivity contribution in [2.24, 2.45) is 5.84 Å². The molecule has 0 aliphatic carbocycles. The van der Waals surface area contributed by atoms with Crippen LogP contribution in [0.15, 0.2) is 18.2 Å². The minimum absolute atomic E-state index is 0.0603.